The Labute approximate surface area is 108 Å². The molecule has 0 aromatic carbocycles. The maximum atomic E-state index is 12.1. The van der Waals surface area contributed by atoms with Crippen molar-refractivity contribution in [3.05, 3.63) is 12.7 Å². The zero-order valence-corrected chi connectivity index (χ0v) is 11.1. The fraction of sp³-hybridized carbons (Fsp3) is 0.692. The summed E-state index contributed by atoms with van der Waals surface area (Å²) in [6.07, 6.45) is 2.58. The number of hydrogen-bond donors (Lipinski definition) is 1. The van der Waals surface area contributed by atoms with E-state index in [0.717, 1.165) is 6.42 Å². The fourth-order valence-corrected chi connectivity index (χ4v) is 1.81. The summed E-state index contributed by atoms with van der Waals surface area (Å²) in [6, 6.07) is -0.403. The fourth-order valence-electron chi connectivity index (χ4n) is 1.81. The summed E-state index contributed by atoms with van der Waals surface area (Å²) in [5.41, 5.74) is 0. The van der Waals surface area contributed by atoms with Crippen molar-refractivity contribution >= 4 is 11.8 Å². The van der Waals surface area contributed by atoms with Crippen LogP contribution < -0.4 is 5.32 Å². The average Bonchev–Trinajstić information content (AvgIpc) is 2.32. The zero-order valence-electron chi connectivity index (χ0n) is 11.1. The van der Waals surface area contributed by atoms with Gasteiger partial charge in [0, 0.05) is 6.54 Å². The molecule has 0 saturated carbocycles. The van der Waals surface area contributed by atoms with Crippen LogP contribution in [-0.4, -0.2) is 49.1 Å². The molecular weight excluding hydrogens is 232 g/mol. The third kappa shape index (κ3) is 4.14. The van der Waals surface area contributed by atoms with Gasteiger partial charge in [0.2, 0.25) is 11.8 Å². The molecule has 0 radical (unpaired) electrons. The van der Waals surface area contributed by atoms with Crippen LogP contribution in [0, 0.1) is 5.92 Å². The van der Waals surface area contributed by atoms with E-state index in [1.807, 2.05) is 13.8 Å². The lowest BCUT2D eigenvalue weighted by atomic mass is 10.0. The largest absolute Gasteiger partial charge is 0.379 e. The van der Waals surface area contributed by atoms with E-state index in [2.05, 4.69) is 11.9 Å². The molecule has 1 atom stereocenters. The van der Waals surface area contributed by atoms with Crippen molar-refractivity contribution in [2.45, 2.75) is 26.3 Å². The lowest BCUT2D eigenvalue weighted by Crippen LogP contribution is -2.60. The topological polar surface area (TPSA) is 58.6 Å². The number of piperazine rings is 1. The van der Waals surface area contributed by atoms with Crippen LogP contribution >= 0.6 is 0 Å². The smallest absolute Gasteiger partial charge is 0.245 e. The first kappa shape index (κ1) is 14.7. The van der Waals surface area contributed by atoms with Crippen LogP contribution in [0.15, 0.2) is 12.7 Å². The Morgan fingerprint density at radius 3 is 2.83 bits per heavy atom. The number of carbonyl (C=O) groups excluding carboxylic acids is 2. The first-order chi connectivity index (χ1) is 8.56. The summed E-state index contributed by atoms with van der Waals surface area (Å²) in [5, 5.41) is 2.72. The summed E-state index contributed by atoms with van der Waals surface area (Å²) in [6.45, 7) is 9.10. The van der Waals surface area contributed by atoms with Gasteiger partial charge in [0.25, 0.3) is 0 Å². The lowest BCUT2D eigenvalue weighted by Gasteiger charge is -2.34. The predicted octanol–water partition coefficient (Wildman–Crippen LogP) is 0.562. The number of amides is 2. The van der Waals surface area contributed by atoms with Gasteiger partial charge in [-0.05, 0) is 12.3 Å². The molecule has 18 heavy (non-hydrogen) atoms. The standard InChI is InChI=1S/C13H22N2O3/c1-4-5-7-18-8-6-15-9-11(16)14-12(10(2)3)13(15)17/h4,10,12H,1,5-9H2,2-3H3,(H,14,16). The van der Waals surface area contributed by atoms with Crippen molar-refractivity contribution < 1.29 is 14.3 Å². The van der Waals surface area contributed by atoms with E-state index in [1.165, 1.54) is 0 Å². The molecule has 1 aliphatic rings. The zero-order chi connectivity index (χ0) is 13.5. The highest BCUT2D eigenvalue weighted by molar-refractivity contribution is 5.94. The third-order valence-electron chi connectivity index (χ3n) is 2.87. The van der Waals surface area contributed by atoms with E-state index in [1.54, 1.807) is 11.0 Å². The number of nitrogens with one attached hydrogen (secondary N) is 1. The Hall–Kier alpha value is -1.36. The van der Waals surface area contributed by atoms with Crippen LogP contribution in [-0.2, 0) is 14.3 Å². The van der Waals surface area contributed by atoms with Crippen LogP contribution in [0.5, 0.6) is 0 Å². The molecule has 1 fully saturated rings. The van der Waals surface area contributed by atoms with E-state index in [9.17, 15) is 9.59 Å². The van der Waals surface area contributed by atoms with E-state index in [4.69, 9.17) is 4.74 Å². The molecule has 0 bridgehead atoms. The Morgan fingerprint density at radius 1 is 1.50 bits per heavy atom. The van der Waals surface area contributed by atoms with E-state index < -0.39 is 6.04 Å². The molecule has 0 aromatic heterocycles. The van der Waals surface area contributed by atoms with E-state index in [-0.39, 0.29) is 24.3 Å². The first-order valence-corrected chi connectivity index (χ1v) is 6.33. The molecule has 2 amide bonds. The molecule has 5 nitrogen and oxygen atoms in total. The minimum atomic E-state index is -0.403. The summed E-state index contributed by atoms with van der Waals surface area (Å²) < 4.78 is 5.36. The normalized spacial score (nSPS) is 20.2. The Kier molecular flexibility index (Phi) is 5.85. The number of rotatable bonds is 7. The van der Waals surface area contributed by atoms with Gasteiger partial charge >= 0.3 is 0 Å². The van der Waals surface area contributed by atoms with Crippen LogP contribution in [0.2, 0.25) is 0 Å². The molecular formula is C13H22N2O3. The van der Waals surface area contributed by atoms with Crippen LogP contribution in [0.4, 0.5) is 0 Å². The Morgan fingerprint density at radius 2 is 2.22 bits per heavy atom. The van der Waals surface area contributed by atoms with Gasteiger partial charge in [-0.15, -0.1) is 6.58 Å². The first-order valence-electron chi connectivity index (χ1n) is 6.33. The lowest BCUT2D eigenvalue weighted by molar-refractivity contribution is -0.146. The summed E-state index contributed by atoms with van der Waals surface area (Å²) >= 11 is 0. The van der Waals surface area contributed by atoms with Gasteiger partial charge in [0.15, 0.2) is 0 Å². The highest BCUT2D eigenvalue weighted by atomic mass is 16.5. The molecule has 0 spiro atoms. The van der Waals surface area contributed by atoms with E-state index >= 15 is 0 Å². The van der Waals surface area contributed by atoms with Crippen molar-refractivity contribution in [1.29, 1.82) is 0 Å². The van der Waals surface area contributed by atoms with Gasteiger partial charge in [-0.1, -0.05) is 19.9 Å². The van der Waals surface area contributed by atoms with Crippen molar-refractivity contribution in [2.75, 3.05) is 26.3 Å². The minimum absolute atomic E-state index is 0.0167. The Bertz CT molecular complexity index is 315. The molecule has 1 saturated heterocycles. The summed E-state index contributed by atoms with van der Waals surface area (Å²) in [7, 11) is 0. The third-order valence-corrected chi connectivity index (χ3v) is 2.87. The van der Waals surface area contributed by atoms with Crippen LogP contribution in [0.3, 0.4) is 0 Å². The van der Waals surface area contributed by atoms with Crippen LogP contribution in [0.25, 0.3) is 0 Å². The molecule has 1 heterocycles. The van der Waals surface area contributed by atoms with Crippen LogP contribution in [0.1, 0.15) is 20.3 Å². The predicted molar refractivity (Wildman–Crippen MR) is 69.0 cm³/mol. The second kappa shape index (κ2) is 7.16. The maximum absolute atomic E-state index is 12.1. The highest BCUT2D eigenvalue weighted by Crippen LogP contribution is 2.10. The number of carbonyl (C=O) groups is 2. The number of hydrogen-bond acceptors (Lipinski definition) is 3. The number of nitrogens with zero attached hydrogens (tertiary/aromatic N) is 1. The van der Waals surface area contributed by atoms with Gasteiger partial charge in [0.05, 0.1) is 19.8 Å². The van der Waals surface area contributed by atoms with Gasteiger partial charge in [0.1, 0.15) is 6.04 Å². The summed E-state index contributed by atoms with van der Waals surface area (Å²) in [5.74, 6) is -0.0118. The van der Waals surface area contributed by atoms with Gasteiger partial charge in [-0.2, -0.15) is 0 Å². The maximum Gasteiger partial charge on any atom is 0.245 e. The molecule has 0 aromatic rings. The monoisotopic (exact) mass is 254 g/mol. The molecule has 102 valence electrons. The van der Waals surface area contributed by atoms with E-state index in [0.29, 0.717) is 19.8 Å². The molecule has 0 aliphatic carbocycles. The molecule has 1 unspecified atom stereocenters. The van der Waals surface area contributed by atoms with Gasteiger partial charge < -0.3 is 15.0 Å². The molecule has 1 N–H and O–H groups in total. The summed E-state index contributed by atoms with van der Waals surface area (Å²) in [4.78, 5) is 25.1. The molecule has 1 rings (SSSR count). The minimum Gasteiger partial charge on any atom is -0.379 e. The quantitative estimate of drug-likeness (QED) is 0.533. The van der Waals surface area contributed by atoms with Crippen molar-refractivity contribution in [3.63, 3.8) is 0 Å². The van der Waals surface area contributed by atoms with Gasteiger partial charge in [-0.25, -0.2) is 0 Å². The number of ether oxygens (including phenoxy) is 1. The molecule has 5 heteroatoms. The van der Waals surface area contributed by atoms with Crippen molar-refractivity contribution in [1.82, 2.24) is 10.2 Å². The second-order valence-electron chi connectivity index (χ2n) is 4.74. The highest BCUT2D eigenvalue weighted by Gasteiger charge is 2.33. The van der Waals surface area contributed by atoms with Crippen molar-refractivity contribution in [3.8, 4) is 0 Å². The second-order valence-corrected chi connectivity index (χ2v) is 4.74. The molecule has 1 aliphatic heterocycles. The SMILES string of the molecule is C=CCCOCCN1CC(=O)NC(C(C)C)C1=O. The Balaban J connectivity index is 2.41. The van der Waals surface area contributed by atoms with Crippen molar-refractivity contribution in [2.24, 2.45) is 5.92 Å². The average molecular weight is 254 g/mol. The van der Waals surface area contributed by atoms with Gasteiger partial charge in [-0.3, -0.25) is 9.59 Å².